The van der Waals surface area contributed by atoms with Crippen molar-refractivity contribution >= 4 is 0 Å². The molecule has 0 spiro atoms. The Bertz CT molecular complexity index is 835. The molecule has 1 N–H and O–H groups in total. The molecule has 0 atom stereocenters. The van der Waals surface area contributed by atoms with Crippen molar-refractivity contribution in [1.82, 2.24) is 5.32 Å². The van der Waals surface area contributed by atoms with Gasteiger partial charge in [0.1, 0.15) is 12.4 Å². The first kappa shape index (κ1) is 18.9. The monoisotopic (exact) mass is 365 g/mol. The van der Waals surface area contributed by atoms with Crippen LogP contribution in [0.3, 0.4) is 0 Å². The summed E-state index contributed by atoms with van der Waals surface area (Å²) in [5, 5.41) is 3.40. The average molecular weight is 365 g/mol. The van der Waals surface area contributed by atoms with E-state index in [9.17, 15) is 4.39 Å². The summed E-state index contributed by atoms with van der Waals surface area (Å²) in [6.45, 7) is 2.06. The highest BCUT2D eigenvalue weighted by atomic mass is 19.1. The van der Waals surface area contributed by atoms with Gasteiger partial charge in [0.25, 0.3) is 0 Å². The zero-order chi connectivity index (χ0) is 18.9. The van der Waals surface area contributed by atoms with Crippen molar-refractivity contribution in [2.24, 2.45) is 0 Å². The zero-order valence-electron chi connectivity index (χ0n) is 15.5. The fourth-order valence-electron chi connectivity index (χ4n) is 2.79. The molecule has 0 aromatic heterocycles. The summed E-state index contributed by atoms with van der Waals surface area (Å²) in [7, 11) is 1.65. The minimum atomic E-state index is -0.201. The molecule has 3 aromatic carbocycles. The highest BCUT2D eigenvalue weighted by molar-refractivity contribution is 5.43. The first-order valence-corrected chi connectivity index (χ1v) is 9.03. The molecule has 0 fully saturated rings. The van der Waals surface area contributed by atoms with Gasteiger partial charge >= 0.3 is 0 Å². The van der Waals surface area contributed by atoms with E-state index in [1.165, 1.54) is 12.1 Å². The first-order valence-electron chi connectivity index (χ1n) is 9.03. The molecule has 3 rings (SSSR count). The lowest BCUT2D eigenvalue weighted by Crippen LogP contribution is -2.16. The molecule has 27 heavy (non-hydrogen) atoms. The Morgan fingerprint density at radius 3 is 2.30 bits per heavy atom. The lowest BCUT2D eigenvalue weighted by molar-refractivity contribution is 0.284. The maximum absolute atomic E-state index is 12.9. The number of methoxy groups -OCH3 is 1. The predicted octanol–water partition coefficient (Wildman–Crippen LogP) is 4.75. The topological polar surface area (TPSA) is 30.5 Å². The van der Waals surface area contributed by atoms with Crippen LogP contribution >= 0.6 is 0 Å². The van der Waals surface area contributed by atoms with E-state index in [2.05, 4.69) is 5.32 Å². The van der Waals surface area contributed by atoms with Crippen LogP contribution < -0.4 is 14.8 Å². The fraction of sp³-hybridized carbons (Fsp3) is 0.217. The normalized spacial score (nSPS) is 10.6. The van der Waals surface area contributed by atoms with Crippen LogP contribution in [0.15, 0.2) is 72.8 Å². The fourth-order valence-corrected chi connectivity index (χ4v) is 2.79. The Morgan fingerprint density at radius 2 is 1.56 bits per heavy atom. The number of hydrogen-bond acceptors (Lipinski definition) is 3. The second-order valence-electron chi connectivity index (χ2n) is 6.31. The summed E-state index contributed by atoms with van der Waals surface area (Å²) in [4.78, 5) is 0. The molecule has 0 radical (unpaired) electrons. The summed E-state index contributed by atoms with van der Waals surface area (Å²) in [5.41, 5.74) is 3.36. The molecular weight excluding hydrogens is 341 g/mol. The van der Waals surface area contributed by atoms with Crippen molar-refractivity contribution in [3.8, 4) is 11.5 Å². The number of rotatable bonds is 9. The van der Waals surface area contributed by atoms with Crippen LogP contribution in [0.2, 0.25) is 0 Å². The molecule has 3 aromatic rings. The predicted molar refractivity (Wildman–Crippen MR) is 106 cm³/mol. The van der Waals surface area contributed by atoms with Crippen molar-refractivity contribution in [3.05, 3.63) is 95.3 Å². The molecule has 0 aliphatic heterocycles. The zero-order valence-corrected chi connectivity index (χ0v) is 15.5. The van der Waals surface area contributed by atoms with Crippen molar-refractivity contribution in [3.63, 3.8) is 0 Å². The maximum atomic E-state index is 12.9. The van der Waals surface area contributed by atoms with Gasteiger partial charge in [0.15, 0.2) is 11.5 Å². The number of ether oxygens (including phenoxy) is 2. The van der Waals surface area contributed by atoms with E-state index >= 15 is 0 Å². The highest BCUT2D eigenvalue weighted by Crippen LogP contribution is 2.28. The van der Waals surface area contributed by atoms with Crippen molar-refractivity contribution in [2.45, 2.75) is 19.6 Å². The molecule has 0 heterocycles. The Kier molecular flexibility index (Phi) is 6.83. The third-order valence-corrected chi connectivity index (χ3v) is 4.30. The van der Waals surface area contributed by atoms with Crippen LogP contribution in [0.1, 0.15) is 16.7 Å². The van der Waals surface area contributed by atoms with Crippen molar-refractivity contribution in [1.29, 1.82) is 0 Å². The molecule has 3 nitrogen and oxygen atoms in total. The minimum Gasteiger partial charge on any atom is -0.493 e. The third-order valence-electron chi connectivity index (χ3n) is 4.30. The summed E-state index contributed by atoms with van der Waals surface area (Å²) in [6.07, 6.45) is 0.857. The van der Waals surface area contributed by atoms with Crippen LogP contribution in [-0.4, -0.2) is 13.7 Å². The summed E-state index contributed by atoms with van der Waals surface area (Å²) >= 11 is 0. The molecule has 0 aliphatic carbocycles. The molecule has 0 aliphatic rings. The highest BCUT2D eigenvalue weighted by Gasteiger charge is 2.06. The Balaban J connectivity index is 1.50. The Hall–Kier alpha value is -2.85. The first-order chi connectivity index (χ1) is 13.2. The molecule has 0 unspecified atom stereocenters. The molecule has 0 amide bonds. The summed E-state index contributed by atoms with van der Waals surface area (Å²) in [5.74, 6) is 1.26. The summed E-state index contributed by atoms with van der Waals surface area (Å²) < 4.78 is 24.3. The van der Waals surface area contributed by atoms with Crippen molar-refractivity contribution < 1.29 is 13.9 Å². The average Bonchev–Trinajstić information content (AvgIpc) is 2.72. The number of benzene rings is 3. The van der Waals surface area contributed by atoms with Crippen LogP contribution in [-0.2, 0) is 19.6 Å². The van der Waals surface area contributed by atoms with Gasteiger partial charge in [-0.1, -0.05) is 48.5 Å². The van der Waals surface area contributed by atoms with E-state index in [-0.39, 0.29) is 5.82 Å². The second kappa shape index (κ2) is 9.74. The van der Waals surface area contributed by atoms with E-state index in [1.807, 2.05) is 60.7 Å². The van der Waals surface area contributed by atoms with Crippen LogP contribution in [0.4, 0.5) is 4.39 Å². The Labute approximate surface area is 159 Å². The van der Waals surface area contributed by atoms with Gasteiger partial charge in [0.05, 0.1) is 7.11 Å². The number of hydrogen-bond donors (Lipinski definition) is 1. The van der Waals surface area contributed by atoms with Gasteiger partial charge in [-0.15, -0.1) is 0 Å². The number of nitrogens with one attached hydrogen (secondary N) is 1. The maximum Gasteiger partial charge on any atom is 0.161 e. The van der Waals surface area contributed by atoms with Gasteiger partial charge in [0, 0.05) is 6.54 Å². The SMILES string of the molecule is COc1cc(CNCCc2ccc(F)cc2)ccc1OCc1ccccc1. The van der Waals surface area contributed by atoms with E-state index in [4.69, 9.17) is 9.47 Å². The second-order valence-corrected chi connectivity index (χ2v) is 6.31. The van der Waals surface area contributed by atoms with Crippen LogP contribution in [0, 0.1) is 5.82 Å². The number of halogens is 1. The van der Waals surface area contributed by atoms with E-state index in [0.717, 1.165) is 47.7 Å². The van der Waals surface area contributed by atoms with Gasteiger partial charge < -0.3 is 14.8 Å². The van der Waals surface area contributed by atoms with E-state index in [1.54, 1.807) is 7.11 Å². The molecule has 0 bridgehead atoms. The smallest absolute Gasteiger partial charge is 0.161 e. The lowest BCUT2D eigenvalue weighted by atomic mass is 10.1. The van der Waals surface area contributed by atoms with Crippen molar-refractivity contribution in [2.75, 3.05) is 13.7 Å². The Morgan fingerprint density at radius 1 is 0.815 bits per heavy atom. The largest absolute Gasteiger partial charge is 0.493 e. The van der Waals surface area contributed by atoms with E-state index < -0.39 is 0 Å². The van der Waals surface area contributed by atoms with Gasteiger partial charge in [-0.25, -0.2) is 4.39 Å². The van der Waals surface area contributed by atoms with Gasteiger partial charge in [-0.2, -0.15) is 0 Å². The van der Waals surface area contributed by atoms with Crippen LogP contribution in [0.5, 0.6) is 11.5 Å². The molecule has 0 saturated heterocycles. The van der Waals surface area contributed by atoms with Crippen LogP contribution in [0.25, 0.3) is 0 Å². The molecule has 140 valence electrons. The van der Waals surface area contributed by atoms with Gasteiger partial charge in [0.2, 0.25) is 0 Å². The molecule has 0 saturated carbocycles. The molecule has 4 heteroatoms. The molecular formula is C23H24FNO2. The third kappa shape index (κ3) is 5.83. The van der Waals surface area contributed by atoms with E-state index in [0.29, 0.717) is 6.61 Å². The quantitative estimate of drug-likeness (QED) is 0.555. The minimum absolute atomic E-state index is 0.201. The lowest BCUT2D eigenvalue weighted by Gasteiger charge is -2.13. The summed E-state index contributed by atoms with van der Waals surface area (Å²) in [6, 6.07) is 22.6. The van der Waals surface area contributed by atoms with Gasteiger partial charge in [-0.05, 0) is 53.9 Å². The standard InChI is InChI=1S/C23H24FNO2/c1-26-23-15-20(16-25-14-13-18-7-10-21(24)11-8-18)9-12-22(23)27-17-19-5-3-2-4-6-19/h2-12,15,25H,13-14,16-17H2,1H3. The van der Waals surface area contributed by atoms with Gasteiger partial charge in [-0.3, -0.25) is 0 Å².